The van der Waals surface area contributed by atoms with E-state index in [9.17, 15) is 13.2 Å². The molecular formula is C21H32F3N3O2. The number of nitrogens with zero attached hydrogens (tertiary/aromatic N) is 1. The lowest BCUT2D eigenvalue weighted by Gasteiger charge is -2.27. The Morgan fingerprint density at radius 3 is 2.66 bits per heavy atom. The van der Waals surface area contributed by atoms with Crippen LogP contribution in [0.5, 0.6) is 0 Å². The normalized spacial score (nSPS) is 18.1. The van der Waals surface area contributed by atoms with E-state index in [4.69, 9.17) is 9.47 Å². The van der Waals surface area contributed by atoms with Gasteiger partial charge in [0.15, 0.2) is 5.96 Å². The number of aliphatic imine (C=N–C) groups is 1. The molecule has 1 aromatic rings. The van der Waals surface area contributed by atoms with Crippen LogP contribution in [0.15, 0.2) is 29.3 Å². The Hall–Kier alpha value is -1.80. The summed E-state index contributed by atoms with van der Waals surface area (Å²) in [5, 5.41) is 6.41. The first-order chi connectivity index (χ1) is 13.7. The lowest BCUT2D eigenvalue weighted by atomic mass is 9.84. The average molecular weight is 416 g/mol. The summed E-state index contributed by atoms with van der Waals surface area (Å²) in [6.45, 7) is 7.98. The lowest BCUT2D eigenvalue weighted by molar-refractivity contribution is -0.137. The van der Waals surface area contributed by atoms with E-state index >= 15 is 0 Å². The van der Waals surface area contributed by atoms with Crippen LogP contribution in [0.1, 0.15) is 37.8 Å². The van der Waals surface area contributed by atoms with Crippen molar-refractivity contribution in [2.24, 2.45) is 10.9 Å². The predicted molar refractivity (Wildman–Crippen MR) is 108 cm³/mol. The fraction of sp³-hybridized carbons (Fsp3) is 0.667. The molecule has 0 aromatic heterocycles. The lowest BCUT2D eigenvalue weighted by Crippen LogP contribution is -2.43. The minimum Gasteiger partial charge on any atom is -0.381 e. The van der Waals surface area contributed by atoms with Gasteiger partial charge in [-0.1, -0.05) is 32.0 Å². The van der Waals surface area contributed by atoms with Crippen molar-refractivity contribution < 1.29 is 22.6 Å². The third-order valence-corrected chi connectivity index (χ3v) is 5.03. The summed E-state index contributed by atoms with van der Waals surface area (Å²) in [4.78, 5) is 4.18. The van der Waals surface area contributed by atoms with Gasteiger partial charge in [0.25, 0.3) is 0 Å². The van der Waals surface area contributed by atoms with E-state index < -0.39 is 17.2 Å². The fourth-order valence-electron chi connectivity index (χ4n) is 3.09. The van der Waals surface area contributed by atoms with Crippen molar-refractivity contribution in [1.82, 2.24) is 10.6 Å². The number of guanidine groups is 1. The van der Waals surface area contributed by atoms with E-state index in [-0.39, 0.29) is 0 Å². The Balaban J connectivity index is 1.73. The maximum atomic E-state index is 13.0. The van der Waals surface area contributed by atoms with E-state index in [0.717, 1.165) is 38.7 Å². The highest BCUT2D eigenvalue weighted by molar-refractivity contribution is 5.79. The fourth-order valence-corrected chi connectivity index (χ4v) is 3.09. The molecule has 1 saturated heterocycles. The van der Waals surface area contributed by atoms with E-state index in [1.807, 2.05) is 13.8 Å². The largest absolute Gasteiger partial charge is 0.416 e. The molecule has 1 aliphatic heterocycles. The highest BCUT2D eigenvalue weighted by Gasteiger charge is 2.32. The van der Waals surface area contributed by atoms with Gasteiger partial charge < -0.3 is 20.1 Å². The van der Waals surface area contributed by atoms with Crippen LogP contribution < -0.4 is 10.6 Å². The molecule has 2 N–H and O–H groups in total. The molecule has 1 aromatic carbocycles. The molecule has 0 saturated carbocycles. The number of rotatable bonds is 9. The number of ether oxygens (including phenoxy) is 2. The van der Waals surface area contributed by atoms with Gasteiger partial charge in [0.05, 0.1) is 18.8 Å². The zero-order valence-corrected chi connectivity index (χ0v) is 17.4. The molecule has 5 nitrogen and oxygen atoms in total. The summed E-state index contributed by atoms with van der Waals surface area (Å²) >= 11 is 0. The Morgan fingerprint density at radius 2 is 2.00 bits per heavy atom. The number of hydrogen-bond donors (Lipinski definition) is 2. The number of halogens is 3. The number of hydrogen-bond acceptors (Lipinski definition) is 3. The molecule has 0 bridgehead atoms. The molecule has 1 atom stereocenters. The summed E-state index contributed by atoms with van der Waals surface area (Å²) in [5.41, 5.74) is -0.500. The Bertz CT molecular complexity index is 657. The van der Waals surface area contributed by atoms with E-state index in [0.29, 0.717) is 37.1 Å². The second-order valence-corrected chi connectivity index (χ2v) is 7.97. The van der Waals surface area contributed by atoms with Gasteiger partial charge in [-0.25, -0.2) is 0 Å². The van der Waals surface area contributed by atoms with Crippen LogP contribution in [0.2, 0.25) is 0 Å². The molecule has 164 valence electrons. The first kappa shape index (κ1) is 23.5. The van der Waals surface area contributed by atoms with Crippen molar-refractivity contribution in [3.8, 4) is 0 Å². The molecule has 1 aliphatic rings. The van der Waals surface area contributed by atoms with Crippen molar-refractivity contribution >= 4 is 5.96 Å². The van der Waals surface area contributed by atoms with Crippen molar-refractivity contribution in [3.05, 3.63) is 35.4 Å². The SMILES string of the molecule is CN=C(NCCCOCC1CCOC1)NCC(C)(C)c1cccc(C(F)(F)F)c1. The van der Waals surface area contributed by atoms with Gasteiger partial charge in [0.2, 0.25) is 0 Å². The van der Waals surface area contributed by atoms with Crippen LogP contribution in [0, 0.1) is 5.92 Å². The topological polar surface area (TPSA) is 54.9 Å². The number of nitrogens with one attached hydrogen (secondary N) is 2. The third kappa shape index (κ3) is 7.85. The minimum atomic E-state index is -4.34. The molecule has 2 rings (SSSR count). The Kier molecular flexibility index (Phi) is 8.77. The highest BCUT2D eigenvalue weighted by Crippen LogP contribution is 2.32. The van der Waals surface area contributed by atoms with Crippen LogP contribution in [0.25, 0.3) is 0 Å². The first-order valence-corrected chi connectivity index (χ1v) is 10.00. The van der Waals surface area contributed by atoms with Crippen LogP contribution in [-0.2, 0) is 21.1 Å². The van der Waals surface area contributed by atoms with Gasteiger partial charge in [0.1, 0.15) is 0 Å². The van der Waals surface area contributed by atoms with Gasteiger partial charge in [-0.15, -0.1) is 0 Å². The smallest absolute Gasteiger partial charge is 0.381 e. The minimum absolute atomic E-state index is 0.451. The van der Waals surface area contributed by atoms with E-state index in [2.05, 4.69) is 15.6 Å². The standard InChI is InChI=1S/C21H32F3N3O2/c1-20(2,17-6-4-7-18(12-17)21(22,23)24)15-27-19(25-3)26-9-5-10-28-13-16-8-11-29-14-16/h4,6-7,12,16H,5,8-11,13-15H2,1-3H3,(H2,25,26,27). The van der Waals surface area contributed by atoms with Crippen LogP contribution in [0.4, 0.5) is 13.2 Å². The Morgan fingerprint density at radius 1 is 1.24 bits per heavy atom. The maximum Gasteiger partial charge on any atom is 0.416 e. The van der Waals surface area contributed by atoms with E-state index in [1.165, 1.54) is 12.1 Å². The van der Waals surface area contributed by atoms with Gasteiger partial charge in [-0.2, -0.15) is 13.2 Å². The van der Waals surface area contributed by atoms with Crippen LogP contribution >= 0.6 is 0 Å². The predicted octanol–water partition coefficient (Wildman–Crippen LogP) is 3.59. The van der Waals surface area contributed by atoms with Crippen molar-refractivity contribution in [2.45, 2.75) is 38.3 Å². The quantitative estimate of drug-likeness (QED) is 0.368. The number of benzene rings is 1. The monoisotopic (exact) mass is 415 g/mol. The molecule has 0 spiro atoms. The molecule has 8 heteroatoms. The second-order valence-electron chi connectivity index (χ2n) is 7.97. The summed E-state index contributed by atoms with van der Waals surface area (Å²) in [6.07, 6.45) is -2.44. The summed E-state index contributed by atoms with van der Waals surface area (Å²) in [7, 11) is 1.67. The van der Waals surface area contributed by atoms with Crippen molar-refractivity contribution in [1.29, 1.82) is 0 Å². The molecule has 1 unspecified atom stereocenters. The van der Waals surface area contributed by atoms with Gasteiger partial charge in [0, 0.05) is 44.7 Å². The summed E-state index contributed by atoms with van der Waals surface area (Å²) in [6, 6.07) is 5.48. The average Bonchev–Trinajstić information content (AvgIpc) is 3.20. The molecular weight excluding hydrogens is 383 g/mol. The molecule has 1 heterocycles. The molecule has 1 fully saturated rings. The van der Waals surface area contributed by atoms with E-state index in [1.54, 1.807) is 13.1 Å². The zero-order valence-electron chi connectivity index (χ0n) is 17.4. The summed E-state index contributed by atoms with van der Waals surface area (Å²) in [5.74, 6) is 1.13. The first-order valence-electron chi connectivity index (χ1n) is 10.00. The zero-order chi connectivity index (χ0) is 21.3. The molecule has 0 radical (unpaired) electrons. The molecule has 29 heavy (non-hydrogen) atoms. The number of alkyl halides is 3. The molecule has 0 amide bonds. The van der Waals surface area contributed by atoms with Crippen molar-refractivity contribution in [2.75, 3.05) is 46.6 Å². The van der Waals surface area contributed by atoms with Gasteiger partial charge >= 0.3 is 6.18 Å². The summed E-state index contributed by atoms with van der Waals surface area (Å²) < 4.78 is 49.9. The van der Waals surface area contributed by atoms with Gasteiger partial charge in [-0.3, -0.25) is 4.99 Å². The maximum absolute atomic E-state index is 13.0. The van der Waals surface area contributed by atoms with Crippen LogP contribution in [0.3, 0.4) is 0 Å². The third-order valence-electron chi connectivity index (χ3n) is 5.03. The van der Waals surface area contributed by atoms with Crippen LogP contribution in [-0.4, -0.2) is 52.5 Å². The van der Waals surface area contributed by atoms with Crippen molar-refractivity contribution in [3.63, 3.8) is 0 Å². The molecule has 0 aliphatic carbocycles. The Labute approximate surface area is 171 Å². The second kappa shape index (κ2) is 10.8. The highest BCUT2D eigenvalue weighted by atomic mass is 19.4. The van der Waals surface area contributed by atoms with Gasteiger partial charge in [-0.05, 0) is 24.5 Å².